The second kappa shape index (κ2) is 5.77. The van der Waals surface area contributed by atoms with Crippen LogP contribution in [0.2, 0.25) is 0 Å². The first kappa shape index (κ1) is 13.4. The molecule has 1 aromatic heterocycles. The fourth-order valence-corrected chi connectivity index (χ4v) is 4.68. The molecular weight excluding hydrogens is 246 g/mol. The van der Waals surface area contributed by atoms with E-state index in [-0.39, 0.29) is 0 Å². The summed E-state index contributed by atoms with van der Waals surface area (Å²) in [6, 6.07) is 5.67. The first-order chi connectivity index (χ1) is 8.05. The van der Waals surface area contributed by atoms with Crippen LogP contribution in [0.15, 0.2) is 17.5 Å². The molecule has 1 aliphatic rings. The van der Waals surface area contributed by atoms with Crippen molar-refractivity contribution in [3.8, 4) is 0 Å². The Morgan fingerprint density at radius 1 is 1.53 bits per heavy atom. The summed E-state index contributed by atoms with van der Waals surface area (Å²) in [6.45, 7) is 7.08. The number of thiophene rings is 1. The minimum Gasteiger partial charge on any atom is -0.310 e. The number of hydrogen-bond acceptors (Lipinski definition) is 3. The molecule has 2 atom stereocenters. The van der Waals surface area contributed by atoms with Gasteiger partial charge < -0.3 is 5.32 Å². The van der Waals surface area contributed by atoms with Gasteiger partial charge in [-0.25, -0.2) is 0 Å². The van der Waals surface area contributed by atoms with Crippen LogP contribution in [0.4, 0.5) is 0 Å². The predicted octanol–water partition coefficient (Wildman–Crippen LogP) is 3.80. The van der Waals surface area contributed by atoms with Gasteiger partial charge >= 0.3 is 0 Å². The second-order valence-electron chi connectivity index (χ2n) is 5.93. The Hall–Kier alpha value is 0.01000. The summed E-state index contributed by atoms with van der Waals surface area (Å²) in [6.07, 6.45) is 2.48. The van der Waals surface area contributed by atoms with Crippen LogP contribution in [0.1, 0.15) is 32.1 Å². The number of thioether (sulfide) groups is 1. The van der Waals surface area contributed by atoms with Gasteiger partial charge in [0.2, 0.25) is 0 Å². The standard InChI is InChI=1S/C14H23NS2/c1-11(7-13-5-4-6-17-13)15-12-8-14(2,3)10-16-9-12/h4-6,11-12,15H,7-10H2,1-3H3. The zero-order valence-corrected chi connectivity index (χ0v) is 12.7. The van der Waals surface area contributed by atoms with Crippen LogP contribution in [0.5, 0.6) is 0 Å². The Bertz CT molecular complexity index is 332. The molecule has 1 aromatic rings. The minimum absolute atomic E-state index is 0.503. The Morgan fingerprint density at radius 3 is 3.00 bits per heavy atom. The van der Waals surface area contributed by atoms with E-state index in [1.54, 1.807) is 0 Å². The normalized spacial score (nSPS) is 25.7. The Balaban J connectivity index is 1.80. The van der Waals surface area contributed by atoms with Crippen LogP contribution < -0.4 is 5.32 Å². The average molecular weight is 269 g/mol. The molecule has 0 aromatic carbocycles. The highest BCUT2D eigenvalue weighted by molar-refractivity contribution is 7.99. The third kappa shape index (κ3) is 4.31. The van der Waals surface area contributed by atoms with Crippen LogP contribution in [0, 0.1) is 5.41 Å². The van der Waals surface area contributed by atoms with Crippen molar-refractivity contribution >= 4 is 23.1 Å². The van der Waals surface area contributed by atoms with Gasteiger partial charge in [-0.3, -0.25) is 0 Å². The van der Waals surface area contributed by atoms with Crippen LogP contribution in [0.3, 0.4) is 0 Å². The summed E-state index contributed by atoms with van der Waals surface area (Å²) in [4.78, 5) is 1.49. The largest absolute Gasteiger partial charge is 0.310 e. The zero-order valence-electron chi connectivity index (χ0n) is 11.0. The highest BCUT2D eigenvalue weighted by Gasteiger charge is 2.28. The predicted molar refractivity (Wildman–Crippen MR) is 80.1 cm³/mol. The highest BCUT2D eigenvalue weighted by Crippen LogP contribution is 2.33. The van der Waals surface area contributed by atoms with E-state index in [0.29, 0.717) is 17.5 Å². The van der Waals surface area contributed by atoms with Crippen LogP contribution >= 0.6 is 23.1 Å². The van der Waals surface area contributed by atoms with Crippen molar-refractivity contribution in [2.75, 3.05) is 11.5 Å². The fraction of sp³-hybridized carbons (Fsp3) is 0.714. The molecule has 2 rings (SSSR count). The molecule has 1 saturated heterocycles. The molecule has 2 heterocycles. The number of hydrogen-bond donors (Lipinski definition) is 1. The van der Waals surface area contributed by atoms with Gasteiger partial charge in [0.15, 0.2) is 0 Å². The fourth-order valence-electron chi connectivity index (χ4n) is 2.56. The lowest BCUT2D eigenvalue weighted by Gasteiger charge is -2.36. The van der Waals surface area contributed by atoms with E-state index >= 15 is 0 Å². The molecule has 0 saturated carbocycles. The summed E-state index contributed by atoms with van der Waals surface area (Å²) in [5.74, 6) is 2.59. The Morgan fingerprint density at radius 2 is 2.35 bits per heavy atom. The van der Waals surface area contributed by atoms with E-state index in [4.69, 9.17) is 0 Å². The quantitative estimate of drug-likeness (QED) is 0.892. The molecule has 0 spiro atoms. The molecule has 1 aliphatic heterocycles. The van der Waals surface area contributed by atoms with E-state index in [1.165, 1.54) is 29.2 Å². The minimum atomic E-state index is 0.503. The van der Waals surface area contributed by atoms with E-state index in [9.17, 15) is 0 Å². The van der Waals surface area contributed by atoms with E-state index < -0.39 is 0 Å². The topological polar surface area (TPSA) is 12.0 Å². The third-order valence-electron chi connectivity index (χ3n) is 3.22. The molecule has 0 amide bonds. The number of rotatable bonds is 4. The van der Waals surface area contributed by atoms with Gasteiger partial charge in [-0.2, -0.15) is 11.8 Å². The van der Waals surface area contributed by atoms with Crippen molar-refractivity contribution < 1.29 is 0 Å². The first-order valence-electron chi connectivity index (χ1n) is 6.41. The molecule has 0 radical (unpaired) electrons. The van der Waals surface area contributed by atoms with Crippen molar-refractivity contribution in [2.45, 2.75) is 45.7 Å². The highest BCUT2D eigenvalue weighted by atomic mass is 32.2. The van der Waals surface area contributed by atoms with Gasteiger partial charge in [0.1, 0.15) is 0 Å². The molecule has 96 valence electrons. The van der Waals surface area contributed by atoms with Gasteiger partial charge in [-0.1, -0.05) is 19.9 Å². The van der Waals surface area contributed by atoms with E-state index in [0.717, 1.165) is 0 Å². The molecule has 1 N–H and O–H groups in total. The molecular formula is C14H23NS2. The van der Waals surface area contributed by atoms with Crippen molar-refractivity contribution in [3.63, 3.8) is 0 Å². The monoisotopic (exact) mass is 269 g/mol. The lowest BCUT2D eigenvalue weighted by Crippen LogP contribution is -2.44. The van der Waals surface area contributed by atoms with E-state index in [1.807, 2.05) is 11.3 Å². The average Bonchev–Trinajstić information content (AvgIpc) is 2.68. The molecule has 1 fully saturated rings. The number of nitrogens with one attached hydrogen (secondary N) is 1. The lowest BCUT2D eigenvalue weighted by atomic mass is 9.87. The summed E-state index contributed by atoms with van der Waals surface area (Å²) in [5.41, 5.74) is 0.503. The zero-order chi connectivity index (χ0) is 12.3. The molecule has 1 nitrogen and oxygen atoms in total. The maximum Gasteiger partial charge on any atom is 0.0166 e. The van der Waals surface area contributed by atoms with Gasteiger partial charge in [0.25, 0.3) is 0 Å². The van der Waals surface area contributed by atoms with Crippen molar-refractivity contribution in [2.24, 2.45) is 5.41 Å². The molecule has 3 heteroatoms. The van der Waals surface area contributed by atoms with Gasteiger partial charge in [0.05, 0.1) is 0 Å². The van der Waals surface area contributed by atoms with Gasteiger partial charge in [0, 0.05) is 22.7 Å². The van der Waals surface area contributed by atoms with Crippen LogP contribution in [0.25, 0.3) is 0 Å². The smallest absolute Gasteiger partial charge is 0.0166 e. The molecule has 17 heavy (non-hydrogen) atoms. The lowest BCUT2D eigenvalue weighted by molar-refractivity contribution is 0.303. The molecule has 2 unspecified atom stereocenters. The summed E-state index contributed by atoms with van der Waals surface area (Å²) in [7, 11) is 0. The van der Waals surface area contributed by atoms with Crippen LogP contribution in [-0.4, -0.2) is 23.6 Å². The van der Waals surface area contributed by atoms with Crippen LogP contribution in [-0.2, 0) is 6.42 Å². The second-order valence-corrected chi connectivity index (χ2v) is 7.99. The van der Waals surface area contributed by atoms with Crippen molar-refractivity contribution in [1.29, 1.82) is 0 Å². The summed E-state index contributed by atoms with van der Waals surface area (Å²) < 4.78 is 0. The van der Waals surface area contributed by atoms with E-state index in [2.05, 4.69) is 55.4 Å². The van der Waals surface area contributed by atoms with Crippen molar-refractivity contribution in [1.82, 2.24) is 5.32 Å². The molecule has 0 bridgehead atoms. The van der Waals surface area contributed by atoms with Crippen molar-refractivity contribution in [3.05, 3.63) is 22.4 Å². The van der Waals surface area contributed by atoms with Gasteiger partial charge in [-0.05, 0) is 42.4 Å². The van der Waals surface area contributed by atoms with Gasteiger partial charge in [-0.15, -0.1) is 11.3 Å². The first-order valence-corrected chi connectivity index (χ1v) is 8.45. The SMILES string of the molecule is CC(Cc1cccs1)NC1CSCC(C)(C)C1. The third-order valence-corrected chi connectivity index (χ3v) is 5.74. The Labute approximate surface area is 113 Å². The summed E-state index contributed by atoms with van der Waals surface area (Å²) in [5, 5.41) is 5.97. The molecule has 0 aliphatic carbocycles. The summed E-state index contributed by atoms with van der Waals surface area (Å²) >= 11 is 3.97. The Kier molecular flexibility index (Phi) is 4.56. The maximum absolute atomic E-state index is 3.80. The maximum atomic E-state index is 3.80.